The molecule has 1 spiro atoms. The zero-order valence-corrected chi connectivity index (χ0v) is 13.7. The standard InChI is InChI=1S/C20H22O3/c1-12(2)16-7-8-19(3)20(16)9-6-14(22)11-17(20)15-10-13(21)4-5-18(15)23-19/h4-5,10-11,16,21H,1,6-9H2,2-3H3/t16-,19-,20-/m1/s1. The average Bonchev–Trinajstić information content (AvgIpc) is 2.78. The van der Waals surface area contributed by atoms with E-state index in [9.17, 15) is 9.90 Å². The number of ketones is 1. The first-order valence-electron chi connectivity index (χ1n) is 8.30. The number of carbonyl (C=O) groups is 1. The quantitative estimate of drug-likeness (QED) is 0.788. The van der Waals surface area contributed by atoms with Gasteiger partial charge in [0.25, 0.3) is 0 Å². The molecule has 0 radical (unpaired) electrons. The Morgan fingerprint density at radius 2 is 2.17 bits per heavy atom. The van der Waals surface area contributed by atoms with Gasteiger partial charge in [-0.25, -0.2) is 0 Å². The summed E-state index contributed by atoms with van der Waals surface area (Å²) in [6.07, 6.45) is 5.12. The maximum absolute atomic E-state index is 12.2. The summed E-state index contributed by atoms with van der Waals surface area (Å²) in [5.41, 5.74) is 2.52. The number of aromatic hydroxyl groups is 1. The van der Waals surface area contributed by atoms with Crippen LogP contribution in [0.25, 0.3) is 5.57 Å². The van der Waals surface area contributed by atoms with Gasteiger partial charge < -0.3 is 9.84 Å². The first kappa shape index (κ1) is 14.6. The van der Waals surface area contributed by atoms with E-state index in [0.29, 0.717) is 12.3 Å². The molecule has 0 unspecified atom stereocenters. The molecule has 3 heteroatoms. The fourth-order valence-corrected chi connectivity index (χ4v) is 5.17. The van der Waals surface area contributed by atoms with Gasteiger partial charge in [0.15, 0.2) is 5.78 Å². The molecular weight excluding hydrogens is 288 g/mol. The molecule has 1 saturated carbocycles. The van der Waals surface area contributed by atoms with Gasteiger partial charge in [0.05, 0.1) is 0 Å². The Morgan fingerprint density at radius 3 is 2.91 bits per heavy atom. The zero-order chi connectivity index (χ0) is 16.4. The number of phenolic OH excluding ortho intramolecular Hbond substituents is 1. The van der Waals surface area contributed by atoms with E-state index in [1.807, 2.05) is 6.07 Å². The van der Waals surface area contributed by atoms with Crippen LogP contribution in [0.5, 0.6) is 11.5 Å². The number of phenols is 1. The Hall–Kier alpha value is -2.03. The predicted molar refractivity (Wildman–Crippen MR) is 89.3 cm³/mol. The van der Waals surface area contributed by atoms with E-state index >= 15 is 0 Å². The van der Waals surface area contributed by atoms with Crippen LogP contribution in [0.3, 0.4) is 0 Å². The lowest BCUT2D eigenvalue weighted by molar-refractivity contribution is -0.116. The van der Waals surface area contributed by atoms with E-state index in [4.69, 9.17) is 4.74 Å². The third kappa shape index (κ3) is 1.73. The van der Waals surface area contributed by atoms with Crippen molar-refractivity contribution in [1.82, 2.24) is 0 Å². The second-order valence-electron chi connectivity index (χ2n) is 7.45. The molecule has 1 N–H and O–H groups in total. The number of rotatable bonds is 1. The molecule has 0 bridgehead atoms. The van der Waals surface area contributed by atoms with Crippen molar-refractivity contribution >= 4 is 11.4 Å². The highest BCUT2D eigenvalue weighted by molar-refractivity contribution is 6.01. The predicted octanol–water partition coefficient (Wildman–Crippen LogP) is 4.26. The van der Waals surface area contributed by atoms with Gasteiger partial charge >= 0.3 is 0 Å². The Labute approximate surface area is 136 Å². The molecule has 4 rings (SSSR count). The van der Waals surface area contributed by atoms with Gasteiger partial charge in [0.2, 0.25) is 0 Å². The minimum absolute atomic E-state index is 0.163. The minimum atomic E-state index is -0.326. The molecule has 1 fully saturated rings. The molecule has 2 aliphatic carbocycles. The van der Waals surface area contributed by atoms with Crippen molar-refractivity contribution in [2.75, 3.05) is 0 Å². The highest BCUT2D eigenvalue weighted by Crippen LogP contribution is 2.67. The Balaban J connectivity index is 2.03. The van der Waals surface area contributed by atoms with E-state index in [1.54, 1.807) is 18.2 Å². The molecular formula is C20H22O3. The van der Waals surface area contributed by atoms with Crippen molar-refractivity contribution in [2.24, 2.45) is 11.3 Å². The summed E-state index contributed by atoms with van der Waals surface area (Å²) in [4.78, 5) is 12.2. The molecule has 0 aromatic heterocycles. The highest BCUT2D eigenvalue weighted by Gasteiger charge is 2.64. The van der Waals surface area contributed by atoms with Crippen molar-refractivity contribution in [3.8, 4) is 11.5 Å². The SMILES string of the molecule is C=C(C)[C@H]1CC[C@@]2(C)Oc3ccc(O)cc3C3=CC(=O)CC[C@]312. The van der Waals surface area contributed by atoms with Gasteiger partial charge in [-0.2, -0.15) is 0 Å². The van der Waals surface area contributed by atoms with Gasteiger partial charge in [0, 0.05) is 17.4 Å². The summed E-state index contributed by atoms with van der Waals surface area (Å²) in [6, 6.07) is 5.19. The Kier molecular flexibility index (Phi) is 2.85. The van der Waals surface area contributed by atoms with Crippen LogP contribution in [0, 0.1) is 11.3 Å². The molecule has 1 heterocycles. The lowest BCUT2D eigenvalue weighted by Gasteiger charge is -2.53. The molecule has 23 heavy (non-hydrogen) atoms. The second-order valence-corrected chi connectivity index (χ2v) is 7.45. The van der Waals surface area contributed by atoms with Crippen molar-refractivity contribution in [3.05, 3.63) is 42.0 Å². The lowest BCUT2D eigenvalue weighted by atomic mass is 9.56. The third-order valence-electron chi connectivity index (χ3n) is 6.18. The first-order chi connectivity index (χ1) is 10.9. The number of hydrogen-bond donors (Lipinski definition) is 1. The number of benzene rings is 1. The molecule has 3 nitrogen and oxygen atoms in total. The van der Waals surface area contributed by atoms with Crippen molar-refractivity contribution < 1.29 is 14.6 Å². The maximum atomic E-state index is 12.2. The third-order valence-corrected chi connectivity index (χ3v) is 6.18. The Bertz CT molecular complexity index is 760. The van der Waals surface area contributed by atoms with Gasteiger partial charge in [0.1, 0.15) is 17.1 Å². The topological polar surface area (TPSA) is 46.5 Å². The van der Waals surface area contributed by atoms with Crippen LogP contribution < -0.4 is 4.74 Å². The van der Waals surface area contributed by atoms with Gasteiger partial charge in [-0.3, -0.25) is 4.79 Å². The van der Waals surface area contributed by atoms with Crippen LogP contribution in [0.1, 0.15) is 45.1 Å². The van der Waals surface area contributed by atoms with Crippen molar-refractivity contribution in [2.45, 2.75) is 45.1 Å². The minimum Gasteiger partial charge on any atom is -0.508 e. The number of hydrogen-bond acceptors (Lipinski definition) is 3. The lowest BCUT2D eigenvalue weighted by Crippen LogP contribution is -2.53. The summed E-state index contributed by atoms with van der Waals surface area (Å²) < 4.78 is 6.47. The maximum Gasteiger partial charge on any atom is 0.156 e. The highest BCUT2D eigenvalue weighted by atomic mass is 16.5. The number of allylic oxidation sites excluding steroid dienone is 2. The molecule has 0 saturated heterocycles. The van der Waals surface area contributed by atoms with E-state index in [1.165, 1.54) is 0 Å². The van der Waals surface area contributed by atoms with Crippen LogP contribution in [-0.2, 0) is 4.79 Å². The summed E-state index contributed by atoms with van der Waals surface area (Å²) >= 11 is 0. The molecule has 1 aromatic carbocycles. The van der Waals surface area contributed by atoms with Crippen LogP contribution in [0.2, 0.25) is 0 Å². The van der Waals surface area contributed by atoms with Crippen LogP contribution in [0.15, 0.2) is 36.4 Å². The molecule has 120 valence electrons. The van der Waals surface area contributed by atoms with Gasteiger partial charge in [-0.15, -0.1) is 0 Å². The fraction of sp³-hybridized carbons (Fsp3) is 0.450. The van der Waals surface area contributed by atoms with E-state index in [2.05, 4.69) is 20.4 Å². The molecule has 3 atom stereocenters. The van der Waals surface area contributed by atoms with Crippen LogP contribution in [-0.4, -0.2) is 16.5 Å². The van der Waals surface area contributed by atoms with E-state index in [0.717, 1.165) is 41.7 Å². The van der Waals surface area contributed by atoms with Crippen LogP contribution >= 0.6 is 0 Å². The smallest absolute Gasteiger partial charge is 0.156 e. The first-order valence-corrected chi connectivity index (χ1v) is 8.30. The summed E-state index contributed by atoms with van der Waals surface area (Å²) in [5.74, 6) is 1.44. The largest absolute Gasteiger partial charge is 0.508 e. The van der Waals surface area contributed by atoms with Crippen molar-refractivity contribution in [3.63, 3.8) is 0 Å². The number of ether oxygens (including phenoxy) is 1. The van der Waals surface area contributed by atoms with Crippen molar-refractivity contribution in [1.29, 1.82) is 0 Å². The zero-order valence-electron chi connectivity index (χ0n) is 13.7. The molecule has 1 aliphatic heterocycles. The van der Waals surface area contributed by atoms with Gasteiger partial charge in [-0.1, -0.05) is 12.2 Å². The summed E-state index contributed by atoms with van der Waals surface area (Å²) in [6.45, 7) is 8.48. The van der Waals surface area contributed by atoms with E-state index in [-0.39, 0.29) is 22.5 Å². The normalized spacial score (nSPS) is 34.8. The summed E-state index contributed by atoms with van der Waals surface area (Å²) in [7, 11) is 0. The number of fused-ring (bicyclic) bond motifs is 2. The summed E-state index contributed by atoms with van der Waals surface area (Å²) in [5, 5.41) is 9.94. The fourth-order valence-electron chi connectivity index (χ4n) is 5.17. The molecule has 0 amide bonds. The monoisotopic (exact) mass is 310 g/mol. The number of carbonyl (C=O) groups excluding carboxylic acids is 1. The Morgan fingerprint density at radius 1 is 1.39 bits per heavy atom. The van der Waals surface area contributed by atoms with Crippen LogP contribution in [0.4, 0.5) is 0 Å². The average molecular weight is 310 g/mol. The van der Waals surface area contributed by atoms with E-state index < -0.39 is 0 Å². The molecule has 1 aromatic rings. The molecule has 3 aliphatic rings. The second kappa shape index (κ2) is 4.50. The van der Waals surface area contributed by atoms with Gasteiger partial charge in [-0.05, 0) is 68.9 Å².